The highest BCUT2D eigenvalue weighted by atomic mass is 16.4. The third-order valence-corrected chi connectivity index (χ3v) is 3.66. The first-order valence-corrected chi connectivity index (χ1v) is 7.10. The SMILES string of the molecule is CCC[C@H](NC(=O)NCC1CN(C)CCN1C)C(=O)O. The van der Waals surface area contributed by atoms with E-state index in [2.05, 4.69) is 27.5 Å². The molecule has 1 fully saturated rings. The molecule has 1 aliphatic rings. The molecule has 1 aliphatic heterocycles. The van der Waals surface area contributed by atoms with Crippen LogP contribution in [0.1, 0.15) is 19.8 Å². The molecule has 3 N–H and O–H groups in total. The molecule has 0 spiro atoms. The van der Waals surface area contributed by atoms with Crippen molar-refractivity contribution in [2.75, 3.05) is 40.3 Å². The number of rotatable bonds is 6. The van der Waals surface area contributed by atoms with Crippen molar-refractivity contribution in [3.8, 4) is 0 Å². The lowest BCUT2D eigenvalue weighted by Gasteiger charge is -2.37. The van der Waals surface area contributed by atoms with Gasteiger partial charge in [-0.3, -0.25) is 4.90 Å². The fourth-order valence-electron chi connectivity index (χ4n) is 2.29. The van der Waals surface area contributed by atoms with Crippen molar-refractivity contribution >= 4 is 12.0 Å². The molecule has 0 aromatic rings. The number of carbonyl (C=O) groups is 2. The van der Waals surface area contributed by atoms with Crippen LogP contribution in [0.25, 0.3) is 0 Å². The number of urea groups is 1. The summed E-state index contributed by atoms with van der Waals surface area (Å²) in [5, 5.41) is 14.3. The van der Waals surface area contributed by atoms with Crippen molar-refractivity contribution in [1.82, 2.24) is 20.4 Å². The molecule has 0 aromatic heterocycles. The Morgan fingerprint density at radius 1 is 1.35 bits per heavy atom. The number of likely N-dealkylation sites (N-methyl/N-ethyl adjacent to an activating group) is 2. The zero-order valence-corrected chi connectivity index (χ0v) is 12.6. The van der Waals surface area contributed by atoms with E-state index in [1.165, 1.54) is 0 Å². The summed E-state index contributed by atoms with van der Waals surface area (Å²) in [6, 6.07) is -0.965. The van der Waals surface area contributed by atoms with Crippen molar-refractivity contribution < 1.29 is 14.7 Å². The number of nitrogens with zero attached hydrogens (tertiary/aromatic N) is 2. The second kappa shape index (κ2) is 8.06. The summed E-state index contributed by atoms with van der Waals surface area (Å²) in [4.78, 5) is 27.1. The summed E-state index contributed by atoms with van der Waals surface area (Å²) in [6.45, 7) is 5.30. The third-order valence-electron chi connectivity index (χ3n) is 3.66. The van der Waals surface area contributed by atoms with Crippen LogP contribution in [0.3, 0.4) is 0 Å². The van der Waals surface area contributed by atoms with Crippen LogP contribution in [0, 0.1) is 0 Å². The maximum atomic E-state index is 11.7. The van der Waals surface area contributed by atoms with Crippen LogP contribution in [0.5, 0.6) is 0 Å². The highest BCUT2D eigenvalue weighted by Gasteiger charge is 2.23. The molecule has 0 aromatic carbocycles. The average molecular weight is 286 g/mol. The predicted octanol–water partition coefficient (Wildman–Crippen LogP) is -0.215. The van der Waals surface area contributed by atoms with Crippen LogP contribution in [0.2, 0.25) is 0 Å². The number of hydrogen-bond acceptors (Lipinski definition) is 4. The van der Waals surface area contributed by atoms with E-state index in [1.807, 2.05) is 14.0 Å². The van der Waals surface area contributed by atoms with Gasteiger partial charge in [-0.05, 0) is 20.5 Å². The number of aliphatic carboxylic acids is 1. The average Bonchev–Trinajstić information content (AvgIpc) is 2.39. The molecule has 2 atom stereocenters. The molecular weight excluding hydrogens is 260 g/mol. The van der Waals surface area contributed by atoms with Crippen LogP contribution in [-0.2, 0) is 4.79 Å². The fourth-order valence-corrected chi connectivity index (χ4v) is 2.29. The summed E-state index contributed by atoms with van der Waals surface area (Å²) in [5.74, 6) is -0.989. The van der Waals surface area contributed by atoms with E-state index in [0.29, 0.717) is 19.4 Å². The minimum Gasteiger partial charge on any atom is -0.480 e. The van der Waals surface area contributed by atoms with E-state index in [9.17, 15) is 9.59 Å². The summed E-state index contributed by atoms with van der Waals surface area (Å²) < 4.78 is 0. The van der Waals surface area contributed by atoms with Crippen molar-refractivity contribution in [3.05, 3.63) is 0 Å². The Hall–Kier alpha value is -1.34. The highest BCUT2D eigenvalue weighted by molar-refractivity contribution is 5.82. The number of piperazine rings is 1. The van der Waals surface area contributed by atoms with Gasteiger partial charge >= 0.3 is 12.0 Å². The number of carbonyl (C=O) groups excluding carboxylic acids is 1. The first kappa shape index (κ1) is 16.7. The lowest BCUT2D eigenvalue weighted by atomic mass is 10.1. The molecule has 0 saturated carbocycles. The van der Waals surface area contributed by atoms with Crippen LogP contribution in [0.4, 0.5) is 4.79 Å². The van der Waals surface area contributed by atoms with Gasteiger partial charge in [-0.2, -0.15) is 0 Å². The number of nitrogens with one attached hydrogen (secondary N) is 2. The maximum Gasteiger partial charge on any atom is 0.326 e. The Morgan fingerprint density at radius 2 is 2.05 bits per heavy atom. The van der Waals surface area contributed by atoms with Crippen molar-refractivity contribution in [2.45, 2.75) is 31.8 Å². The number of hydrogen-bond donors (Lipinski definition) is 3. The molecule has 7 nitrogen and oxygen atoms in total. The van der Waals surface area contributed by atoms with E-state index in [-0.39, 0.29) is 6.04 Å². The zero-order chi connectivity index (χ0) is 15.1. The number of amides is 2. The first-order valence-electron chi connectivity index (χ1n) is 7.10. The van der Waals surface area contributed by atoms with Crippen molar-refractivity contribution in [1.29, 1.82) is 0 Å². The van der Waals surface area contributed by atoms with Gasteiger partial charge in [-0.25, -0.2) is 9.59 Å². The van der Waals surface area contributed by atoms with Crippen LogP contribution in [-0.4, -0.2) is 79.3 Å². The van der Waals surface area contributed by atoms with Crippen LogP contribution < -0.4 is 10.6 Å². The second-order valence-corrected chi connectivity index (χ2v) is 5.43. The van der Waals surface area contributed by atoms with Gasteiger partial charge in [0.05, 0.1) is 0 Å². The molecule has 1 saturated heterocycles. The van der Waals surface area contributed by atoms with Gasteiger partial charge in [0.1, 0.15) is 6.04 Å². The Labute approximate surface area is 120 Å². The largest absolute Gasteiger partial charge is 0.480 e. The molecular formula is C13H26N4O3. The van der Waals surface area contributed by atoms with Gasteiger partial charge in [-0.15, -0.1) is 0 Å². The maximum absolute atomic E-state index is 11.7. The molecule has 116 valence electrons. The predicted molar refractivity (Wildman–Crippen MR) is 76.8 cm³/mol. The normalized spacial score (nSPS) is 22.2. The van der Waals surface area contributed by atoms with Gasteiger partial charge in [0.25, 0.3) is 0 Å². The Kier molecular flexibility index (Phi) is 6.74. The summed E-state index contributed by atoms with van der Waals surface area (Å²) >= 11 is 0. The summed E-state index contributed by atoms with van der Waals surface area (Å²) in [6.07, 6.45) is 1.15. The van der Waals surface area contributed by atoms with Gasteiger partial charge in [0, 0.05) is 32.2 Å². The highest BCUT2D eigenvalue weighted by Crippen LogP contribution is 2.04. The quantitative estimate of drug-likeness (QED) is 0.629. The van der Waals surface area contributed by atoms with Crippen molar-refractivity contribution in [3.63, 3.8) is 0 Å². The number of carboxylic acids is 1. The van der Waals surface area contributed by atoms with E-state index in [0.717, 1.165) is 19.6 Å². The molecule has 0 aliphatic carbocycles. The Morgan fingerprint density at radius 3 is 2.65 bits per heavy atom. The van der Waals surface area contributed by atoms with E-state index >= 15 is 0 Å². The Balaban J connectivity index is 2.36. The van der Waals surface area contributed by atoms with Gasteiger partial charge in [0.2, 0.25) is 0 Å². The summed E-state index contributed by atoms with van der Waals surface area (Å²) in [7, 11) is 4.09. The molecule has 1 heterocycles. The molecule has 0 bridgehead atoms. The molecule has 20 heavy (non-hydrogen) atoms. The minimum absolute atomic E-state index is 0.258. The molecule has 2 amide bonds. The van der Waals surface area contributed by atoms with Gasteiger partial charge < -0.3 is 20.6 Å². The third kappa shape index (κ3) is 5.34. The lowest BCUT2D eigenvalue weighted by molar-refractivity contribution is -0.139. The zero-order valence-electron chi connectivity index (χ0n) is 12.6. The van der Waals surface area contributed by atoms with Crippen LogP contribution >= 0.6 is 0 Å². The monoisotopic (exact) mass is 286 g/mol. The van der Waals surface area contributed by atoms with E-state index < -0.39 is 18.0 Å². The standard InChI is InChI=1S/C13H26N4O3/c1-4-5-11(12(18)19)15-13(20)14-8-10-9-16(2)6-7-17(10)3/h10-11H,4-9H2,1-3H3,(H,18,19)(H2,14,15,20)/t10?,11-/m0/s1. The first-order chi connectivity index (χ1) is 9.43. The molecule has 0 radical (unpaired) electrons. The smallest absolute Gasteiger partial charge is 0.326 e. The lowest BCUT2D eigenvalue weighted by Crippen LogP contribution is -2.56. The fraction of sp³-hybridized carbons (Fsp3) is 0.846. The van der Waals surface area contributed by atoms with Gasteiger partial charge in [0.15, 0.2) is 0 Å². The number of carboxylic acid groups (broad SMARTS) is 1. The Bertz CT molecular complexity index is 338. The van der Waals surface area contributed by atoms with Crippen LogP contribution in [0.15, 0.2) is 0 Å². The van der Waals surface area contributed by atoms with E-state index in [4.69, 9.17) is 5.11 Å². The minimum atomic E-state index is -0.989. The topological polar surface area (TPSA) is 84.9 Å². The molecule has 1 rings (SSSR count). The van der Waals surface area contributed by atoms with Gasteiger partial charge in [-0.1, -0.05) is 13.3 Å². The summed E-state index contributed by atoms with van der Waals surface area (Å²) in [5.41, 5.74) is 0. The molecule has 7 heteroatoms. The second-order valence-electron chi connectivity index (χ2n) is 5.43. The molecule has 1 unspecified atom stereocenters. The van der Waals surface area contributed by atoms with E-state index in [1.54, 1.807) is 0 Å². The van der Waals surface area contributed by atoms with Crippen molar-refractivity contribution in [2.24, 2.45) is 0 Å².